The van der Waals surface area contributed by atoms with Gasteiger partial charge in [-0.15, -0.1) is 0 Å². The first-order valence-corrected chi connectivity index (χ1v) is 7.88. The van der Waals surface area contributed by atoms with Gasteiger partial charge in [-0.25, -0.2) is 4.79 Å². The molecule has 0 bridgehead atoms. The van der Waals surface area contributed by atoms with Crippen molar-refractivity contribution in [3.8, 4) is 0 Å². The molecule has 1 aromatic carbocycles. The lowest BCUT2D eigenvalue weighted by Gasteiger charge is -2.30. The minimum Gasteiger partial charge on any atom is -0.463 e. The van der Waals surface area contributed by atoms with Gasteiger partial charge in [0.1, 0.15) is 0 Å². The van der Waals surface area contributed by atoms with E-state index in [2.05, 4.69) is 5.32 Å². The number of esters is 1. The van der Waals surface area contributed by atoms with Crippen LogP contribution >= 0.6 is 0 Å². The second-order valence-corrected chi connectivity index (χ2v) is 5.76. The number of non-ortho nitro benzene ring substituents is 1. The number of hydrogen-bond donors (Lipinski definition) is 1. The van der Waals surface area contributed by atoms with Crippen LogP contribution in [0.2, 0.25) is 0 Å². The molecule has 0 aromatic heterocycles. The number of nitro benzene ring substituents is 1. The third kappa shape index (κ3) is 3.60. The lowest BCUT2D eigenvalue weighted by molar-refractivity contribution is -0.384. The molecule has 1 heterocycles. The van der Waals surface area contributed by atoms with Crippen molar-refractivity contribution >= 4 is 17.4 Å². The van der Waals surface area contributed by atoms with E-state index in [4.69, 9.17) is 4.74 Å². The van der Waals surface area contributed by atoms with Crippen LogP contribution in [0, 0.1) is 10.1 Å². The Morgan fingerprint density at radius 2 is 1.88 bits per heavy atom. The topological polar surface area (TPSA) is 98.5 Å². The second kappa shape index (κ2) is 7.29. The molecular weight excluding hydrogens is 324 g/mol. The number of nitrogens with one attached hydrogen (secondary N) is 1. The van der Waals surface area contributed by atoms with Gasteiger partial charge in [0.2, 0.25) is 0 Å². The van der Waals surface area contributed by atoms with Gasteiger partial charge in [0, 0.05) is 35.0 Å². The van der Waals surface area contributed by atoms with Gasteiger partial charge in [0.15, 0.2) is 5.78 Å². The number of ether oxygens (including phenoxy) is 1. The van der Waals surface area contributed by atoms with Crippen LogP contribution in [-0.2, 0) is 14.3 Å². The Hall–Kier alpha value is -2.96. The first-order valence-electron chi connectivity index (χ1n) is 7.88. The highest BCUT2D eigenvalue weighted by atomic mass is 16.6. The molecule has 7 nitrogen and oxygen atoms in total. The van der Waals surface area contributed by atoms with Crippen LogP contribution in [0.4, 0.5) is 5.69 Å². The number of ketones is 1. The van der Waals surface area contributed by atoms with Crippen molar-refractivity contribution in [1.29, 1.82) is 0 Å². The number of Topliss-reactive ketones (excluding diaryl/α,β-unsaturated/α-hetero) is 1. The summed E-state index contributed by atoms with van der Waals surface area (Å²) < 4.78 is 5.14. The van der Waals surface area contributed by atoms with E-state index in [1.54, 1.807) is 32.9 Å². The van der Waals surface area contributed by atoms with Crippen LogP contribution in [0.25, 0.3) is 0 Å². The van der Waals surface area contributed by atoms with Gasteiger partial charge >= 0.3 is 5.97 Å². The Bertz CT molecular complexity index is 807. The van der Waals surface area contributed by atoms with Gasteiger partial charge in [-0.3, -0.25) is 14.9 Å². The average Bonchev–Trinajstić information content (AvgIpc) is 2.53. The molecule has 1 aliphatic rings. The maximum atomic E-state index is 12.5. The van der Waals surface area contributed by atoms with Crippen LogP contribution in [0.1, 0.15) is 39.2 Å². The van der Waals surface area contributed by atoms with Crippen molar-refractivity contribution in [3.05, 3.63) is 62.5 Å². The Kier molecular flexibility index (Phi) is 5.36. The average molecular weight is 344 g/mol. The van der Waals surface area contributed by atoms with Gasteiger partial charge in [-0.05, 0) is 33.3 Å². The first-order chi connectivity index (χ1) is 11.8. The number of nitro groups is 1. The lowest BCUT2D eigenvalue weighted by Crippen LogP contribution is -2.31. The minimum atomic E-state index is -0.710. The SMILES string of the molecule is CCOC(=O)C1=C(C)NC(C)=C(C(C)=O)C1c1cccc([N+](=O)[O-])c1. The first kappa shape index (κ1) is 18.4. The predicted octanol–water partition coefficient (Wildman–Crippen LogP) is 2.98. The summed E-state index contributed by atoms with van der Waals surface area (Å²) >= 11 is 0. The van der Waals surface area contributed by atoms with E-state index in [0.717, 1.165) is 0 Å². The number of benzene rings is 1. The van der Waals surface area contributed by atoms with Crippen molar-refractivity contribution in [1.82, 2.24) is 5.32 Å². The Labute approximate surface area is 145 Å². The smallest absolute Gasteiger partial charge is 0.336 e. The summed E-state index contributed by atoms with van der Waals surface area (Å²) in [5.74, 6) is -1.47. The molecule has 0 saturated heterocycles. The highest BCUT2D eigenvalue weighted by Crippen LogP contribution is 2.39. The molecule has 2 rings (SSSR count). The maximum absolute atomic E-state index is 12.5. The van der Waals surface area contributed by atoms with E-state index in [-0.39, 0.29) is 23.7 Å². The highest BCUT2D eigenvalue weighted by Gasteiger charge is 2.36. The predicted molar refractivity (Wildman–Crippen MR) is 91.7 cm³/mol. The van der Waals surface area contributed by atoms with Crippen LogP contribution < -0.4 is 5.32 Å². The van der Waals surface area contributed by atoms with Gasteiger partial charge in [-0.2, -0.15) is 0 Å². The number of carbonyl (C=O) groups is 2. The molecule has 0 spiro atoms. The molecule has 7 heteroatoms. The largest absolute Gasteiger partial charge is 0.463 e. The van der Waals surface area contributed by atoms with Crippen LogP contribution in [0.3, 0.4) is 0 Å². The third-order valence-corrected chi connectivity index (χ3v) is 4.05. The molecule has 1 aliphatic heterocycles. The van der Waals surface area contributed by atoms with Crippen LogP contribution in [-0.4, -0.2) is 23.3 Å². The zero-order chi connectivity index (χ0) is 18.7. The molecule has 0 saturated carbocycles. The summed E-state index contributed by atoms with van der Waals surface area (Å²) in [6.45, 7) is 6.76. The van der Waals surface area contributed by atoms with Crippen molar-refractivity contribution in [2.75, 3.05) is 6.61 Å². The Morgan fingerprint density at radius 3 is 2.44 bits per heavy atom. The fraction of sp³-hybridized carbons (Fsp3) is 0.333. The molecule has 0 aliphatic carbocycles. The van der Waals surface area contributed by atoms with E-state index in [1.165, 1.54) is 19.1 Å². The third-order valence-electron chi connectivity index (χ3n) is 4.05. The minimum absolute atomic E-state index is 0.0996. The van der Waals surface area contributed by atoms with Gasteiger partial charge < -0.3 is 10.1 Å². The van der Waals surface area contributed by atoms with Gasteiger partial charge in [0.25, 0.3) is 5.69 Å². The zero-order valence-electron chi connectivity index (χ0n) is 14.6. The summed E-state index contributed by atoms with van der Waals surface area (Å²) in [4.78, 5) is 35.3. The van der Waals surface area contributed by atoms with Crippen molar-refractivity contribution < 1.29 is 19.2 Å². The molecule has 0 fully saturated rings. The van der Waals surface area contributed by atoms with Gasteiger partial charge in [0.05, 0.1) is 17.1 Å². The van der Waals surface area contributed by atoms with Crippen molar-refractivity contribution in [2.45, 2.75) is 33.6 Å². The molecular formula is C18H20N2O5. The van der Waals surface area contributed by atoms with E-state index in [1.807, 2.05) is 0 Å². The molecule has 25 heavy (non-hydrogen) atoms. The monoisotopic (exact) mass is 344 g/mol. The summed E-state index contributed by atoms with van der Waals surface area (Å²) in [6, 6.07) is 5.97. The molecule has 1 N–H and O–H groups in total. The summed E-state index contributed by atoms with van der Waals surface area (Å²) in [5, 5.41) is 14.1. The van der Waals surface area contributed by atoms with E-state index < -0.39 is 16.8 Å². The molecule has 0 amide bonds. The molecule has 132 valence electrons. The summed E-state index contributed by atoms with van der Waals surface area (Å²) in [7, 11) is 0. The van der Waals surface area contributed by atoms with Crippen LogP contribution in [0.15, 0.2) is 46.8 Å². The lowest BCUT2D eigenvalue weighted by atomic mass is 9.79. The molecule has 1 atom stereocenters. The molecule has 0 radical (unpaired) electrons. The van der Waals surface area contributed by atoms with E-state index >= 15 is 0 Å². The Morgan fingerprint density at radius 1 is 1.24 bits per heavy atom. The standard InChI is InChI=1S/C18H20N2O5/c1-5-25-18(22)16-11(3)19-10(2)15(12(4)21)17(16)13-7-6-8-14(9-13)20(23)24/h6-9,17,19H,5H2,1-4H3. The van der Waals surface area contributed by atoms with Crippen LogP contribution in [0.5, 0.6) is 0 Å². The normalized spacial score (nSPS) is 17.2. The zero-order valence-corrected chi connectivity index (χ0v) is 14.6. The Balaban J connectivity index is 2.69. The van der Waals surface area contributed by atoms with E-state index in [9.17, 15) is 19.7 Å². The number of allylic oxidation sites excluding steroid dienone is 3. The molecule has 1 aromatic rings. The number of hydrogen-bond acceptors (Lipinski definition) is 6. The maximum Gasteiger partial charge on any atom is 0.336 e. The fourth-order valence-electron chi connectivity index (χ4n) is 3.09. The number of nitrogens with zero attached hydrogens (tertiary/aromatic N) is 1. The van der Waals surface area contributed by atoms with Gasteiger partial charge in [-0.1, -0.05) is 12.1 Å². The highest BCUT2D eigenvalue weighted by molar-refractivity contribution is 6.02. The quantitative estimate of drug-likeness (QED) is 0.501. The summed E-state index contributed by atoms with van der Waals surface area (Å²) in [5.41, 5.74) is 2.28. The summed E-state index contributed by atoms with van der Waals surface area (Å²) in [6.07, 6.45) is 0. The number of dihydropyridines is 1. The van der Waals surface area contributed by atoms with Crippen molar-refractivity contribution in [3.63, 3.8) is 0 Å². The number of carbonyl (C=O) groups excluding carboxylic acids is 2. The van der Waals surface area contributed by atoms with E-state index in [0.29, 0.717) is 22.5 Å². The van der Waals surface area contributed by atoms with Crippen molar-refractivity contribution in [2.24, 2.45) is 0 Å². The molecule has 1 unspecified atom stereocenters. The second-order valence-electron chi connectivity index (χ2n) is 5.76. The number of rotatable bonds is 5. The fourth-order valence-corrected chi connectivity index (χ4v) is 3.09.